The number of carbonyl (C=O) groups is 1. The van der Waals surface area contributed by atoms with Gasteiger partial charge in [-0.25, -0.2) is 13.8 Å². The summed E-state index contributed by atoms with van der Waals surface area (Å²) in [6.07, 6.45) is 8.50. The molecule has 0 saturated carbocycles. The van der Waals surface area contributed by atoms with Crippen molar-refractivity contribution in [3.8, 4) is 5.75 Å². The second-order valence-corrected chi connectivity index (χ2v) is 9.27. The molecule has 3 heterocycles. The minimum absolute atomic E-state index is 0.0639. The number of aromatic nitrogens is 2. The van der Waals surface area contributed by atoms with Crippen molar-refractivity contribution in [3.63, 3.8) is 0 Å². The van der Waals surface area contributed by atoms with Crippen molar-refractivity contribution < 1.29 is 18.3 Å². The van der Waals surface area contributed by atoms with Gasteiger partial charge in [-0.3, -0.25) is 9.20 Å². The minimum atomic E-state index is -0.664. The number of aryl methyl sites for hydroxylation is 1. The maximum Gasteiger partial charge on any atom is 0.270 e. The quantitative estimate of drug-likeness (QED) is 0.426. The molecule has 0 radical (unpaired) electrons. The number of fused-ring (bicyclic) bond motifs is 1. The van der Waals surface area contributed by atoms with E-state index >= 15 is 0 Å². The lowest BCUT2D eigenvalue weighted by atomic mass is 10.1. The molecule has 35 heavy (non-hydrogen) atoms. The molecular weight excluding hydrogens is 450 g/mol. The summed E-state index contributed by atoms with van der Waals surface area (Å²) in [5.74, 6) is -1.15. The van der Waals surface area contributed by atoms with Crippen LogP contribution in [-0.4, -0.2) is 45.9 Å². The summed E-state index contributed by atoms with van der Waals surface area (Å²) in [6.45, 7) is 6.68. The molecule has 1 aromatic carbocycles. The molecule has 0 aliphatic carbocycles. The van der Waals surface area contributed by atoms with Gasteiger partial charge in [0.25, 0.3) is 5.91 Å². The van der Waals surface area contributed by atoms with Gasteiger partial charge in [0.05, 0.1) is 11.3 Å². The van der Waals surface area contributed by atoms with Gasteiger partial charge < -0.3 is 15.0 Å². The van der Waals surface area contributed by atoms with Crippen molar-refractivity contribution >= 4 is 11.6 Å². The van der Waals surface area contributed by atoms with Crippen molar-refractivity contribution in [1.29, 1.82) is 0 Å². The van der Waals surface area contributed by atoms with Gasteiger partial charge in [-0.05, 0) is 63.5 Å². The molecule has 1 N–H and O–H groups in total. The largest absolute Gasteiger partial charge is 0.485 e. The Morgan fingerprint density at radius 3 is 2.60 bits per heavy atom. The van der Waals surface area contributed by atoms with Crippen LogP contribution in [0.25, 0.3) is 5.65 Å². The third-order valence-corrected chi connectivity index (χ3v) is 6.61. The van der Waals surface area contributed by atoms with E-state index in [9.17, 15) is 13.6 Å². The molecule has 0 spiro atoms. The summed E-state index contributed by atoms with van der Waals surface area (Å²) in [6, 6.07) is 7.20. The van der Waals surface area contributed by atoms with Crippen LogP contribution in [0.3, 0.4) is 0 Å². The summed E-state index contributed by atoms with van der Waals surface area (Å²) in [4.78, 5) is 20.4. The molecule has 1 aliphatic heterocycles. The average Bonchev–Trinajstić information content (AvgIpc) is 3.19. The maximum atomic E-state index is 14.0. The predicted molar refractivity (Wildman–Crippen MR) is 132 cm³/mol. The number of nitrogens with one attached hydrogen (secondary N) is 1. The lowest BCUT2D eigenvalue weighted by Gasteiger charge is -2.31. The van der Waals surface area contributed by atoms with Gasteiger partial charge in [-0.2, -0.15) is 0 Å². The lowest BCUT2D eigenvalue weighted by molar-refractivity contribution is 0.0910. The van der Waals surface area contributed by atoms with Gasteiger partial charge in [0.15, 0.2) is 11.4 Å². The third kappa shape index (κ3) is 5.99. The number of benzene rings is 1. The first-order chi connectivity index (χ1) is 17.0. The number of hydrogen-bond donors (Lipinski definition) is 1. The number of carbonyl (C=O) groups excluding carboxylic acids is 1. The number of halogens is 2. The van der Waals surface area contributed by atoms with E-state index < -0.39 is 11.6 Å². The minimum Gasteiger partial charge on any atom is -0.485 e. The molecule has 1 fully saturated rings. The molecule has 8 heteroatoms. The van der Waals surface area contributed by atoms with Crippen molar-refractivity contribution in [3.05, 3.63) is 65.1 Å². The number of imidazole rings is 1. The van der Waals surface area contributed by atoms with Crippen molar-refractivity contribution in [2.75, 3.05) is 19.6 Å². The Morgan fingerprint density at radius 2 is 1.89 bits per heavy atom. The number of likely N-dealkylation sites (tertiary alicyclic amines) is 1. The van der Waals surface area contributed by atoms with Gasteiger partial charge in [-0.1, -0.05) is 32.3 Å². The van der Waals surface area contributed by atoms with Crippen LogP contribution in [0.5, 0.6) is 5.75 Å². The molecule has 4 rings (SSSR count). The zero-order valence-electron chi connectivity index (χ0n) is 20.5. The van der Waals surface area contributed by atoms with Crippen LogP contribution in [-0.2, 0) is 6.61 Å². The Kier molecular flexibility index (Phi) is 8.33. The van der Waals surface area contributed by atoms with Gasteiger partial charge in [0.2, 0.25) is 0 Å². The highest BCUT2D eigenvalue weighted by Crippen LogP contribution is 2.24. The molecule has 6 nitrogen and oxygen atoms in total. The fourth-order valence-corrected chi connectivity index (χ4v) is 4.73. The molecule has 1 saturated heterocycles. The lowest BCUT2D eigenvalue weighted by Crippen LogP contribution is -2.45. The highest BCUT2D eigenvalue weighted by Gasteiger charge is 2.23. The molecule has 2 aromatic heterocycles. The normalized spacial score (nSPS) is 15.3. The van der Waals surface area contributed by atoms with Crippen LogP contribution >= 0.6 is 0 Å². The smallest absolute Gasteiger partial charge is 0.270 e. The number of nitrogens with zero attached hydrogens (tertiary/aromatic N) is 3. The van der Waals surface area contributed by atoms with E-state index in [-0.39, 0.29) is 24.1 Å². The monoisotopic (exact) mass is 484 g/mol. The topological polar surface area (TPSA) is 58.9 Å². The Morgan fingerprint density at radius 1 is 1.14 bits per heavy atom. The number of piperidine rings is 1. The zero-order chi connectivity index (χ0) is 24.8. The van der Waals surface area contributed by atoms with E-state index in [1.807, 2.05) is 0 Å². The number of ether oxygens (including phenoxy) is 1. The van der Waals surface area contributed by atoms with Crippen molar-refractivity contribution in [1.82, 2.24) is 19.6 Å². The third-order valence-electron chi connectivity index (χ3n) is 6.61. The Hall–Kier alpha value is -3.00. The van der Waals surface area contributed by atoms with Crippen molar-refractivity contribution in [2.45, 2.75) is 65.0 Å². The van der Waals surface area contributed by atoms with Gasteiger partial charge >= 0.3 is 0 Å². The van der Waals surface area contributed by atoms with E-state index in [0.29, 0.717) is 22.8 Å². The van der Waals surface area contributed by atoms with Crippen LogP contribution in [0, 0.1) is 18.6 Å². The van der Waals surface area contributed by atoms with Crippen LogP contribution in [0.4, 0.5) is 8.78 Å². The number of amides is 1. The molecule has 0 bridgehead atoms. The Bertz CT molecular complexity index is 1140. The van der Waals surface area contributed by atoms with E-state index in [4.69, 9.17) is 4.74 Å². The highest BCUT2D eigenvalue weighted by molar-refractivity contribution is 5.95. The Balaban J connectivity index is 1.53. The van der Waals surface area contributed by atoms with Gasteiger partial charge in [0, 0.05) is 18.8 Å². The average molecular weight is 485 g/mol. The molecule has 1 amide bonds. The SMILES string of the molecule is CCCC[C@H](CN1CCCCC1)NC(=O)c1c(C)nc2c(OCc3c(F)cccc3F)cccn12. The molecule has 188 valence electrons. The van der Waals surface area contributed by atoms with Gasteiger partial charge in [0.1, 0.15) is 23.9 Å². The number of pyridine rings is 1. The molecule has 0 unspecified atom stereocenters. The van der Waals surface area contributed by atoms with Crippen LogP contribution < -0.4 is 10.1 Å². The van der Waals surface area contributed by atoms with E-state index in [1.165, 1.54) is 37.5 Å². The number of hydrogen-bond acceptors (Lipinski definition) is 4. The standard InChI is InChI=1S/C27H34F2N4O2/c1-3-4-10-20(17-32-14-6-5-7-15-32)31-27(34)25-19(2)30-26-24(13-9-16-33(25)26)35-18-21-22(28)11-8-12-23(21)29/h8-9,11-13,16,20H,3-7,10,14-15,17-18H2,1-2H3,(H,31,34)/t20-/m1/s1. The summed E-state index contributed by atoms with van der Waals surface area (Å²) in [7, 11) is 0. The van der Waals surface area contributed by atoms with Crippen LogP contribution in [0.2, 0.25) is 0 Å². The van der Waals surface area contributed by atoms with Crippen LogP contribution in [0.1, 0.15) is 67.2 Å². The molecule has 3 aromatic rings. The van der Waals surface area contributed by atoms with Gasteiger partial charge in [-0.15, -0.1) is 0 Å². The summed E-state index contributed by atoms with van der Waals surface area (Å²) in [5.41, 5.74) is 1.31. The second-order valence-electron chi connectivity index (χ2n) is 9.27. The molecule has 1 atom stereocenters. The van der Waals surface area contributed by atoms with Crippen molar-refractivity contribution in [2.24, 2.45) is 0 Å². The summed E-state index contributed by atoms with van der Waals surface area (Å²) in [5, 5.41) is 3.25. The first-order valence-corrected chi connectivity index (χ1v) is 12.5. The summed E-state index contributed by atoms with van der Waals surface area (Å²) < 4.78 is 35.5. The summed E-state index contributed by atoms with van der Waals surface area (Å²) >= 11 is 0. The second kappa shape index (κ2) is 11.6. The highest BCUT2D eigenvalue weighted by atomic mass is 19.1. The fourth-order valence-electron chi connectivity index (χ4n) is 4.73. The number of rotatable bonds is 10. The first-order valence-electron chi connectivity index (χ1n) is 12.5. The zero-order valence-corrected chi connectivity index (χ0v) is 20.5. The van der Waals surface area contributed by atoms with E-state index in [0.717, 1.165) is 38.9 Å². The molecular formula is C27H34F2N4O2. The first kappa shape index (κ1) is 25.1. The Labute approximate surface area is 205 Å². The fraction of sp³-hybridized carbons (Fsp3) is 0.481. The van der Waals surface area contributed by atoms with Crippen LogP contribution in [0.15, 0.2) is 36.5 Å². The maximum absolute atomic E-state index is 14.0. The molecule has 1 aliphatic rings. The van der Waals surface area contributed by atoms with E-state index in [1.54, 1.807) is 29.7 Å². The predicted octanol–water partition coefficient (Wildman–Crippen LogP) is 5.27. The number of unbranched alkanes of at least 4 members (excludes halogenated alkanes) is 1. The van der Waals surface area contributed by atoms with E-state index in [2.05, 4.69) is 22.1 Å².